The van der Waals surface area contributed by atoms with Crippen LogP contribution < -0.4 is 0 Å². The van der Waals surface area contributed by atoms with Gasteiger partial charge in [-0.05, 0) is 47.2 Å². The quantitative estimate of drug-likeness (QED) is 0.0640. The van der Waals surface area contributed by atoms with Crippen molar-refractivity contribution in [1.29, 1.82) is 0 Å². The molecule has 0 bridgehead atoms. The van der Waals surface area contributed by atoms with Crippen LogP contribution >= 0.6 is 0 Å². The fourth-order valence-electron chi connectivity index (χ4n) is 6.56. The molecule has 4 aromatic rings. The minimum atomic E-state index is -1.06. The summed E-state index contributed by atoms with van der Waals surface area (Å²) >= 11 is 0. The zero-order chi connectivity index (χ0) is 36.8. The molecule has 0 saturated carbocycles. The maximum atomic E-state index is 9.60. The van der Waals surface area contributed by atoms with Gasteiger partial charge in [0, 0.05) is 9.82 Å². The maximum absolute atomic E-state index is 9.60. The molecule has 10 atom stereocenters. The number of rotatable bonds is 16. The molecule has 13 heteroatoms. The third-order valence-corrected chi connectivity index (χ3v) is 9.30. The average Bonchev–Trinajstić information content (AvgIpc) is 3.19. The number of ether oxygens (including phenoxy) is 7. The Kier molecular flexibility index (Phi) is 13.9. The van der Waals surface area contributed by atoms with Crippen molar-refractivity contribution in [3.8, 4) is 0 Å². The Hall–Kier alpha value is -4.78. The van der Waals surface area contributed by atoms with Crippen molar-refractivity contribution in [1.82, 2.24) is 0 Å². The van der Waals surface area contributed by atoms with Gasteiger partial charge in [-0.3, -0.25) is 0 Å². The smallest absolute Gasteiger partial charge is 0.189 e. The second-order valence-corrected chi connectivity index (χ2v) is 13.0. The summed E-state index contributed by atoms with van der Waals surface area (Å²) in [5, 5.41) is 8.21. The van der Waals surface area contributed by atoms with Crippen LogP contribution in [0.4, 0.5) is 0 Å². The Morgan fingerprint density at radius 3 is 1.04 bits per heavy atom. The molecule has 0 radical (unpaired) electrons. The van der Waals surface area contributed by atoms with E-state index < -0.39 is 61.3 Å². The first-order valence-electron chi connectivity index (χ1n) is 17.7. The van der Waals surface area contributed by atoms with Crippen molar-refractivity contribution in [2.45, 2.75) is 102 Å². The third-order valence-electron chi connectivity index (χ3n) is 9.30. The highest BCUT2D eigenvalue weighted by atomic mass is 16.8. The fraction of sp³-hybridized carbons (Fsp3) is 0.400. The molecular formula is C40H44N6O7. The lowest BCUT2D eigenvalue weighted by Gasteiger charge is -2.48. The molecule has 2 aliphatic rings. The molecule has 2 saturated heterocycles. The monoisotopic (exact) mass is 720 g/mol. The van der Waals surface area contributed by atoms with Crippen LogP contribution in [0.15, 0.2) is 132 Å². The van der Waals surface area contributed by atoms with E-state index in [4.69, 9.17) is 33.2 Å². The van der Waals surface area contributed by atoms with E-state index in [0.29, 0.717) is 0 Å². The summed E-state index contributed by atoms with van der Waals surface area (Å²) in [6.45, 7) is 4.48. The predicted octanol–water partition coefficient (Wildman–Crippen LogP) is 8.19. The summed E-state index contributed by atoms with van der Waals surface area (Å²) in [4.78, 5) is 6.26. The molecule has 0 N–H and O–H groups in total. The van der Waals surface area contributed by atoms with Crippen molar-refractivity contribution in [3.63, 3.8) is 0 Å². The van der Waals surface area contributed by atoms with E-state index >= 15 is 0 Å². The van der Waals surface area contributed by atoms with Crippen molar-refractivity contribution >= 4 is 0 Å². The van der Waals surface area contributed by atoms with Crippen LogP contribution in [0.1, 0.15) is 36.1 Å². The minimum Gasteiger partial charge on any atom is -0.370 e. The highest BCUT2D eigenvalue weighted by molar-refractivity contribution is 5.16. The molecule has 276 valence electrons. The lowest BCUT2D eigenvalue weighted by molar-refractivity contribution is -0.368. The van der Waals surface area contributed by atoms with Gasteiger partial charge >= 0.3 is 0 Å². The first-order valence-corrected chi connectivity index (χ1v) is 17.7. The van der Waals surface area contributed by atoms with Gasteiger partial charge in [0.2, 0.25) is 0 Å². The molecule has 13 nitrogen and oxygen atoms in total. The Morgan fingerprint density at radius 2 is 0.755 bits per heavy atom. The standard InChI is InChI=1S/C40H44N6O7/c1-27-33(43-45-41)35(47-23-29-15-7-3-8-16-29)37(49-25-31-19-11-5-12-20-31)39(51-27)53-40-38(50-26-32-21-13-6-14-22-32)36(34(44-46-42)28(2)52-40)48-24-30-17-9-4-10-18-30/h3-22,27-28,33-40H,23-26H2,1-2H3/t27-,28-,33+,34+,35+,36+,37-,38-,39-,40-/m1/s1. The molecule has 0 spiro atoms. The number of hydrogen-bond acceptors (Lipinski definition) is 9. The van der Waals surface area contributed by atoms with Crippen molar-refractivity contribution in [3.05, 3.63) is 164 Å². The summed E-state index contributed by atoms with van der Waals surface area (Å²) in [6.07, 6.45) is -6.67. The van der Waals surface area contributed by atoms with Crippen LogP contribution in [0.25, 0.3) is 20.9 Å². The van der Waals surface area contributed by atoms with E-state index in [2.05, 4.69) is 20.1 Å². The summed E-state index contributed by atoms with van der Waals surface area (Å²) < 4.78 is 45.9. The normalized spacial score (nSPS) is 28.3. The summed E-state index contributed by atoms with van der Waals surface area (Å²) in [5.74, 6) is 0. The van der Waals surface area contributed by atoms with Gasteiger partial charge in [0.15, 0.2) is 12.6 Å². The molecule has 0 amide bonds. The van der Waals surface area contributed by atoms with E-state index in [9.17, 15) is 11.1 Å². The molecule has 0 aromatic heterocycles. The second-order valence-electron chi connectivity index (χ2n) is 13.0. The molecule has 6 rings (SSSR count). The first-order chi connectivity index (χ1) is 26.0. The lowest BCUT2D eigenvalue weighted by atomic mass is 9.95. The molecule has 0 aliphatic carbocycles. The Bertz CT molecular complexity index is 1650. The highest BCUT2D eigenvalue weighted by Gasteiger charge is 2.52. The SMILES string of the molecule is C[C@H]1O[C@H](O[C@H]2O[C@H](C)[C@H](N=[N+]=[N-])[C@H](OCc3ccccc3)[C@H]2OCc2ccccc2)[C@H](OCc2ccccc2)[C@@H](OCc2ccccc2)[C@H]1N=[N+]=[N-]. The van der Waals surface area contributed by atoms with Gasteiger partial charge in [0.25, 0.3) is 0 Å². The zero-order valence-corrected chi connectivity index (χ0v) is 29.7. The topological polar surface area (TPSA) is 162 Å². The van der Waals surface area contributed by atoms with Crippen LogP contribution in [0.5, 0.6) is 0 Å². The molecular weight excluding hydrogens is 676 g/mol. The Balaban J connectivity index is 1.33. The van der Waals surface area contributed by atoms with Crippen molar-refractivity contribution in [2.75, 3.05) is 0 Å². The fourth-order valence-corrected chi connectivity index (χ4v) is 6.56. The van der Waals surface area contributed by atoms with Crippen LogP contribution in [0.3, 0.4) is 0 Å². The molecule has 53 heavy (non-hydrogen) atoms. The maximum Gasteiger partial charge on any atom is 0.189 e. The molecule has 2 heterocycles. The Morgan fingerprint density at radius 1 is 0.472 bits per heavy atom. The van der Waals surface area contributed by atoms with E-state index in [1.165, 1.54) is 0 Å². The van der Waals surface area contributed by atoms with Crippen molar-refractivity contribution in [2.24, 2.45) is 10.2 Å². The van der Waals surface area contributed by atoms with Gasteiger partial charge in [-0.2, -0.15) is 0 Å². The van der Waals surface area contributed by atoms with Gasteiger partial charge in [0.05, 0.1) is 50.7 Å². The van der Waals surface area contributed by atoms with E-state index in [1.54, 1.807) is 13.8 Å². The van der Waals surface area contributed by atoms with Gasteiger partial charge in [0.1, 0.15) is 24.4 Å². The van der Waals surface area contributed by atoms with E-state index in [-0.39, 0.29) is 26.4 Å². The number of nitrogens with zero attached hydrogens (tertiary/aromatic N) is 6. The van der Waals surface area contributed by atoms with E-state index in [1.807, 2.05) is 121 Å². The van der Waals surface area contributed by atoms with Gasteiger partial charge in [-0.1, -0.05) is 132 Å². The van der Waals surface area contributed by atoms with Crippen LogP contribution in [0.2, 0.25) is 0 Å². The first kappa shape index (κ1) is 38.0. The van der Waals surface area contributed by atoms with Gasteiger partial charge < -0.3 is 33.2 Å². The van der Waals surface area contributed by atoms with E-state index in [0.717, 1.165) is 22.3 Å². The minimum absolute atomic E-state index is 0.203. The Labute approximate surface area is 308 Å². The largest absolute Gasteiger partial charge is 0.370 e. The predicted molar refractivity (Wildman–Crippen MR) is 196 cm³/mol. The lowest BCUT2D eigenvalue weighted by Crippen LogP contribution is -2.63. The van der Waals surface area contributed by atoms with Crippen LogP contribution in [0, 0.1) is 0 Å². The molecule has 2 fully saturated rings. The van der Waals surface area contributed by atoms with Crippen molar-refractivity contribution < 1.29 is 33.2 Å². The number of hydrogen-bond donors (Lipinski definition) is 0. The van der Waals surface area contributed by atoms with Gasteiger partial charge in [-0.25, -0.2) is 0 Å². The van der Waals surface area contributed by atoms with Gasteiger partial charge in [-0.15, -0.1) is 0 Å². The zero-order valence-electron chi connectivity index (χ0n) is 29.7. The number of azide groups is 2. The van der Waals surface area contributed by atoms with Crippen LogP contribution in [-0.4, -0.2) is 61.3 Å². The number of benzene rings is 4. The average molecular weight is 721 g/mol. The molecule has 4 aromatic carbocycles. The summed E-state index contributed by atoms with van der Waals surface area (Å²) in [5.41, 5.74) is 22.9. The molecule has 2 aliphatic heterocycles. The highest BCUT2D eigenvalue weighted by Crippen LogP contribution is 2.35. The molecule has 0 unspecified atom stereocenters. The third kappa shape index (κ3) is 10.2. The van der Waals surface area contributed by atoms with Crippen LogP contribution in [-0.2, 0) is 59.6 Å². The summed E-state index contributed by atoms with van der Waals surface area (Å²) in [6, 6.07) is 37.4. The second kappa shape index (κ2) is 19.3. The summed E-state index contributed by atoms with van der Waals surface area (Å²) in [7, 11) is 0.